The molecule has 0 aliphatic carbocycles. The van der Waals surface area contributed by atoms with Crippen molar-refractivity contribution in [3.8, 4) is 5.75 Å². The summed E-state index contributed by atoms with van der Waals surface area (Å²) in [5.41, 5.74) is 3.18. The van der Waals surface area contributed by atoms with Crippen molar-refractivity contribution in [3.63, 3.8) is 0 Å². The second-order valence-corrected chi connectivity index (χ2v) is 8.51. The summed E-state index contributed by atoms with van der Waals surface area (Å²) in [7, 11) is 0. The van der Waals surface area contributed by atoms with Crippen LogP contribution in [0.3, 0.4) is 0 Å². The molecule has 0 radical (unpaired) electrons. The summed E-state index contributed by atoms with van der Waals surface area (Å²) in [6.07, 6.45) is 1.56. The van der Waals surface area contributed by atoms with Crippen molar-refractivity contribution in [1.82, 2.24) is 14.8 Å². The minimum Gasteiger partial charge on any atom is -0.482 e. The lowest BCUT2D eigenvalue weighted by Gasteiger charge is -2.17. The SMILES string of the molecule is C=CCn1c(SCc2c(Cl)cccc2Cl)nnc1C(C)Oc1ccc(C)cc1C. The van der Waals surface area contributed by atoms with Crippen molar-refractivity contribution >= 4 is 35.0 Å². The number of rotatable bonds is 8. The number of ether oxygens (including phenoxy) is 1. The van der Waals surface area contributed by atoms with Crippen molar-refractivity contribution in [2.24, 2.45) is 0 Å². The fourth-order valence-corrected chi connectivity index (χ4v) is 4.69. The van der Waals surface area contributed by atoms with E-state index in [9.17, 15) is 0 Å². The minimum atomic E-state index is -0.262. The van der Waals surface area contributed by atoms with Crippen LogP contribution in [0.2, 0.25) is 10.0 Å². The number of halogens is 2. The van der Waals surface area contributed by atoms with Gasteiger partial charge in [-0.05, 0) is 50.1 Å². The first-order chi connectivity index (χ1) is 13.9. The normalized spacial score (nSPS) is 12.0. The van der Waals surface area contributed by atoms with Crippen LogP contribution >= 0.6 is 35.0 Å². The molecule has 3 aromatic rings. The Bertz CT molecular complexity index is 999. The van der Waals surface area contributed by atoms with Crippen LogP contribution in [-0.4, -0.2) is 14.8 Å². The van der Waals surface area contributed by atoms with Crippen LogP contribution < -0.4 is 4.74 Å². The molecule has 0 saturated heterocycles. The third-order valence-electron chi connectivity index (χ3n) is 4.46. The third-order valence-corrected chi connectivity index (χ3v) is 6.16. The standard InChI is InChI=1S/C22H23Cl2N3OS/c1-5-11-27-21(16(4)28-20-10-9-14(2)12-15(20)3)25-26-22(27)29-13-17-18(23)7-6-8-19(17)24/h5-10,12,16H,1,11,13H2,2-4H3. The lowest BCUT2D eigenvalue weighted by molar-refractivity contribution is 0.209. The van der Waals surface area contributed by atoms with Gasteiger partial charge in [0.05, 0.1) is 0 Å². The Morgan fingerprint density at radius 2 is 1.90 bits per heavy atom. The molecule has 0 aliphatic heterocycles. The first kappa shape index (κ1) is 21.8. The largest absolute Gasteiger partial charge is 0.482 e. The lowest BCUT2D eigenvalue weighted by atomic mass is 10.1. The van der Waals surface area contributed by atoms with Gasteiger partial charge in [-0.3, -0.25) is 4.57 Å². The molecule has 7 heteroatoms. The molecule has 0 amide bonds. The summed E-state index contributed by atoms with van der Waals surface area (Å²) in [6, 6.07) is 11.6. The summed E-state index contributed by atoms with van der Waals surface area (Å²) < 4.78 is 8.19. The molecule has 4 nitrogen and oxygen atoms in total. The van der Waals surface area contributed by atoms with Gasteiger partial charge in [0.2, 0.25) is 0 Å². The van der Waals surface area contributed by atoms with E-state index in [1.54, 1.807) is 0 Å². The van der Waals surface area contributed by atoms with E-state index in [4.69, 9.17) is 27.9 Å². The Morgan fingerprint density at radius 1 is 1.17 bits per heavy atom. The van der Waals surface area contributed by atoms with Crippen molar-refractivity contribution in [1.29, 1.82) is 0 Å². The Labute approximate surface area is 185 Å². The fraction of sp³-hybridized carbons (Fsp3) is 0.273. The second kappa shape index (κ2) is 9.70. The number of hydrogen-bond donors (Lipinski definition) is 0. The third kappa shape index (κ3) is 5.16. The maximum absolute atomic E-state index is 6.29. The van der Waals surface area contributed by atoms with Gasteiger partial charge in [-0.25, -0.2) is 0 Å². The van der Waals surface area contributed by atoms with E-state index in [2.05, 4.69) is 29.8 Å². The molecule has 0 aliphatic rings. The minimum absolute atomic E-state index is 0.262. The highest BCUT2D eigenvalue weighted by atomic mass is 35.5. The molecule has 2 aromatic carbocycles. The molecule has 0 spiro atoms. The van der Waals surface area contributed by atoms with Crippen LogP contribution in [0.1, 0.15) is 35.5 Å². The van der Waals surface area contributed by atoms with Crippen molar-refractivity contribution in [2.75, 3.05) is 0 Å². The second-order valence-electron chi connectivity index (χ2n) is 6.76. The predicted molar refractivity (Wildman–Crippen MR) is 121 cm³/mol. The summed E-state index contributed by atoms with van der Waals surface area (Å²) in [5, 5.41) is 10.8. The van der Waals surface area contributed by atoms with Crippen LogP contribution in [0.25, 0.3) is 0 Å². The summed E-state index contributed by atoms with van der Waals surface area (Å²) in [6.45, 7) is 10.5. The van der Waals surface area contributed by atoms with Crippen LogP contribution in [0.15, 0.2) is 54.2 Å². The molecule has 1 atom stereocenters. The average molecular weight is 448 g/mol. The fourth-order valence-electron chi connectivity index (χ4n) is 2.99. The van der Waals surface area contributed by atoms with Gasteiger partial charge in [-0.2, -0.15) is 0 Å². The molecule has 152 valence electrons. The molecule has 0 saturated carbocycles. The van der Waals surface area contributed by atoms with E-state index in [0.717, 1.165) is 27.9 Å². The maximum Gasteiger partial charge on any atom is 0.191 e. The van der Waals surface area contributed by atoms with Crippen molar-refractivity contribution < 1.29 is 4.74 Å². The van der Waals surface area contributed by atoms with Gasteiger partial charge < -0.3 is 4.74 Å². The van der Waals surface area contributed by atoms with Crippen molar-refractivity contribution in [2.45, 2.75) is 44.3 Å². The van der Waals surface area contributed by atoms with Gasteiger partial charge in [0, 0.05) is 22.3 Å². The van der Waals surface area contributed by atoms with E-state index < -0.39 is 0 Å². The number of aryl methyl sites for hydroxylation is 2. The van der Waals surface area contributed by atoms with Crippen LogP contribution in [0.5, 0.6) is 5.75 Å². The lowest BCUT2D eigenvalue weighted by Crippen LogP contribution is -2.12. The van der Waals surface area contributed by atoms with Crippen LogP contribution in [-0.2, 0) is 12.3 Å². The van der Waals surface area contributed by atoms with Crippen molar-refractivity contribution in [3.05, 3.63) is 81.6 Å². The molecule has 1 heterocycles. The molecule has 3 rings (SSSR count). The highest BCUT2D eigenvalue weighted by Crippen LogP contribution is 2.32. The molecule has 29 heavy (non-hydrogen) atoms. The van der Waals surface area contributed by atoms with Gasteiger partial charge >= 0.3 is 0 Å². The van der Waals surface area contributed by atoms with Crippen LogP contribution in [0.4, 0.5) is 0 Å². The Morgan fingerprint density at radius 3 is 2.55 bits per heavy atom. The molecule has 1 unspecified atom stereocenters. The van der Waals surface area contributed by atoms with E-state index in [1.807, 2.05) is 54.8 Å². The number of aromatic nitrogens is 3. The predicted octanol–water partition coefficient (Wildman–Crippen LogP) is 6.82. The number of hydrogen-bond acceptors (Lipinski definition) is 4. The quantitative estimate of drug-likeness (QED) is 0.280. The monoisotopic (exact) mass is 447 g/mol. The highest BCUT2D eigenvalue weighted by molar-refractivity contribution is 7.98. The smallest absolute Gasteiger partial charge is 0.191 e. The van der Waals surface area contributed by atoms with Gasteiger partial charge in [0.25, 0.3) is 0 Å². The molecular weight excluding hydrogens is 425 g/mol. The first-order valence-corrected chi connectivity index (χ1v) is 11.0. The zero-order chi connectivity index (χ0) is 21.0. The molecule has 0 fully saturated rings. The zero-order valence-electron chi connectivity index (χ0n) is 16.7. The highest BCUT2D eigenvalue weighted by Gasteiger charge is 2.20. The summed E-state index contributed by atoms with van der Waals surface area (Å²) >= 11 is 14.1. The molecule has 0 bridgehead atoms. The van der Waals surface area contributed by atoms with Gasteiger partial charge in [-0.1, -0.05) is 64.8 Å². The topological polar surface area (TPSA) is 39.9 Å². The van der Waals surface area contributed by atoms with Gasteiger partial charge in [-0.15, -0.1) is 16.8 Å². The van der Waals surface area contributed by atoms with E-state index in [-0.39, 0.29) is 6.10 Å². The maximum atomic E-state index is 6.29. The zero-order valence-corrected chi connectivity index (χ0v) is 19.0. The summed E-state index contributed by atoms with van der Waals surface area (Å²) in [5.74, 6) is 2.19. The Hall–Kier alpha value is -1.95. The first-order valence-electron chi connectivity index (χ1n) is 9.24. The number of benzene rings is 2. The number of nitrogens with zero attached hydrogens (tertiary/aromatic N) is 3. The van der Waals surface area contributed by atoms with E-state index >= 15 is 0 Å². The van der Waals surface area contributed by atoms with Gasteiger partial charge in [0.1, 0.15) is 5.75 Å². The van der Waals surface area contributed by atoms with E-state index in [1.165, 1.54) is 17.3 Å². The van der Waals surface area contributed by atoms with Crippen LogP contribution in [0, 0.1) is 13.8 Å². The van der Waals surface area contributed by atoms with Gasteiger partial charge in [0.15, 0.2) is 17.1 Å². The molecule has 0 N–H and O–H groups in total. The summed E-state index contributed by atoms with van der Waals surface area (Å²) in [4.78, 5) is 0. The molecular formula is C22H23Cl2N3OS. The molecule has 1 aromatic heterocycles. The van der Waals surface area contributed by atoms with E-state index in [0.29, 0.717) is 22.3 Å². The number of allylic oxidation sites excluding steroid dienone is 1. The number of thioether (sulfide) groups is 1. The Kier molecular flexibility index (Phi) is 7.28. The average Bonchev–Trinajstić information content (AvgIpc) is 3.07. The Balaban J connectivity index is 1.81.